The van der Waals surface area contributed by atoms with Crippen LogP contribution in [0.25, 0.3) is 10.2 Å². The van der Waals surface area contributed by atoms with E-state index in [4.69, 9.17) is 4.98 Å². The first-order valence-electron chi connectivity index (χ1n) is 15.7. The maximum absolute atomic E-state index is 13.8. The number of amides is 2. The van der Waals surface area contributed by atoms with Gasteiger partial charge in [-0.05, 0) is 42.9 Å². The van der Waals surface area contributed by atoms with Crippen molar-refractivity contribution in [2.75, 3.05) is 38.2 Å². The van der Waals surface area contributed by atoms with Gasteiger partial charge in [-0.2, -0.15) is 11.8 Å². The quantitative estimate of drug-likeness (QED) is 0.256. The molecule has 2 aliphatic rings. The van der Waals surface area contributed by atoms with Crippen LogP contribution in [0, 0.1) is 11.8 Å². The Morgan fingerprint density at radius 1 is 1.14 bits per heavy atom. The molecule has 2 atom stereocenters. The van der Waals surface area contributed by atoms with Gasteiger partial charge in [0.05, 0.1) is 21.1 Å². The van der Waals surface area contributed by atoms with E-state index in [-0.39, 0.29) is 30.1 Å². The minimum atomic E-state index is -0.521. The number of fused-ring (bicyclic) bond motifs is 1. The number of hydrogen-bond acceptors (Lipinski definition) is 7. The normalized spacial score (nSPS) is 18.0. The fraction of sp³-hybridized carbons (Fsp3) is 0.636. The van der Waals surface area contributed by atoms with E-state index in [0.717, 1.165) is 52.7 Å². The van der Waals surface area contributed by atoms with Crippen molar-refractivity contribution in [1.82, 2.24) is 20.5 Å². The number of thioether (sulfide) groups is 1. The summed E-state index contributed by atoms with van der Waals surface area (Å²) >= 11 is 3.56. The van der Waals surface area contributed by atoms with Gasteiger partial charge in [0.25, 0.3) is 0 Å². The van der Waals surface area contributed by atoms with Crippen LogP contribution in [0.2, 0.25) is 0 Å². The van der Waals surface area contributed by atoms with Crippen LogP contribution in [0.4, 0.5) is 0 Å². The largest absolute Gasteiger partial charge is 0.359 e. The molecule has 42 heavy (non-hydrogen) atoms. The van der Waals surface area contributed by atoms with Crippen molar-refractivity contribution in [3.63, 3.8) is 0 Å². The summed E-state index contributed by atoms with van der Waals surface area (Å²) in [6.07, 6.45) is 9.43. The lowest BCUT2D eigenvalue weighted by molar-refractivity contribution is -0.130. The van der Waals surface area contributed by atoms with Gasteiger partial charge >= 0.3 is 0 Å². The zero-order valence-electron chi connectivity index (χ0n) is 25.4. The van der Waals surface area contributed by atoms with E-state index in [1.807, 2.05) is 17.8 Å². The summed E-state index contributed by atoms with van der Waals surface area (Å²) < 4.78 is 1.11. The second-order valence-electron chi connectivity index (χ2n) is 11.9. The van der Waals surface area contributed by atoms with E-state index in [1.54, 1.807) is 18.4 Å². The van der Waals surface area contributed by atoms with Crippen molar-refractivity contribution in [3.8, 4) is 0 Å². The summed E-state index contributed by atoms with van der Waals surface area (Å²) in [6.45, 7) is 8.88. The predicted molar refractivity (Wildman–Crippen MR) is 175 cm³/mol. The topological polar surface area (TPSA) is 91.4 Å². The molecule has 0 spiro atoms. The van der Waals surface area contributed by atoms with Gasteiger partial charge in [-0.1, -0.05) is 51.7 Å². The molecule has 1 aromatic carbocycles. The number of nitrogens with zero attached hydrogens (tertiary/aromatic N) is 2. The predicted octanol–water partition coefficient (Wildman–Crippen LogP) is 5.56. The third-order valence-electron chi connectivity index (χ3n) is 8.73. The van der Waals surface area contributed by atoms with Gasteiger partial charge in [0, 0.05) is 69.1 Å². The lowest BCUT2D eigenvalue weighted by Crippen LogP contribution is -2.42. The van der Waals surface area contributed by atoms with Crippen molar-refractivity contribution in [3.05, 3.63) is 40.9 Å². The van der Waals surface area contributed by atoms with Crippen LogP contribution in [-0.2, 0) is 27.2 Å². The van der Waals surface area contributed by atoms with Crippen LogP contribution < -0.4 is 10.6 Å². The van der Waals surface area contributed by atoms with Gasteiger partial charge in [-0.15, -0.1) is 11.3 Å². The minimum absolute atomic E-state index is 0.0963. The minimum Gasteiger partial charge on any atom is -0.359 e. The number of hydrogen-bond donors (Lipinski definition) is 2. The van der Waals surface area contributed by atoms with Crippen LogP contribution in [0.5, 0.6) is 0 Å². The number of ketones is 1. The average molecular weight is 613 g/mol. The zero-order valence-corrected chi connectivity index (χ0v) is 27.1. The number of rotatable bonds is 15. The van der Waals surface area contributed by atoms with Crippen LogP contribution >= 0.6 is 23.1 Å². The Morgan fingerprint density at radius 2 is 1.90 bits per heavy atom. The molecule has 1 saturated carbocycles. The number of aryl methyl sites for hydroxylation is 1. The summed E-state index contributed by atoms with van der Waals surface area (Å²) in [5.74, 6) is 2.06. The highest BCUT2D eigenvalue weighted by Crippen LogP contribution is 2.30. The highest BCUT2D eigenvalue weighted by atomic mass is 32.2. The molecule has 1 saturated heterocycles. The number of Topliss-reactive ketones (excluding diaryl/α,β-unsaturated/α-hetero) is 1. The Bertz CT molecular complexity index is 1220. The Kier molecular flexibility index (Phi) is 12.9. The lowest BCUT2D eigenvalue weighted by Gasteiger charge is -2.29. The van der Waals surface area contributed by atoms with Gasteiger partial charge in [0.1, 0.15) is 0 Å². The first-order chi connectivity index (χ1) is 20.3. The first-order valence-corrected chi connectivity index (χ1v) is 17.7. The molecule has 2 fully saturated rings. The molecule has 1 aromatic heterocycles. The number of aromatic nitrogens is 1. The van der Waals surface area contributed by atoms with Crippen molar-refractivity contribution in [2.24, 2.45) is 11.8 Å². The molecule has 2 heterocycles. The molecule has 9 heteroatoms. The smallest absolute Gasteiger partial charge is 0.224 e. The molecule has 1 aliphatic heterocycles. The second-order valence-corrected chi connectivity index (χ2v) is 14.3. The number of nitrogens with one attached hydrogen (secondary N) is 2. The number of thiazole rings is 1. The van der Waals surface area contributed by atoms with Crippen molar-refractivity contribution >= 4 is 50.9 Å². The van der Waals surface area contributed by atoms with Gasteiger partial charge in [0.15, 0.2) is 5.78 Å². The zero-order chi connectivity index (χ0) is 29.9. The summed E-state index contributed by atoms with van der Waals surface area (Å²) in [6, 6.07) is 6.20. The highest BCUT2D eigenvalue weighted by Gasteiger charge is 2.28. The molecule has 0 radical (unpaired) electrons. The Hall–Kier alpha value is -2.23. The van der Waals surface area contributed by atoms with Crippen LogP contribution in [0.3, 0.4) is 0 Å². The molecule has 0 bridgehead atoms. The van der Waals surface area contributed by atoms with Crippen molar-refractivity contribution < 1.29 is 14.4 Å². The third-order valence-corrected chi connectivity index (χ3v) is 10.7. The lowest BCUT2D eigenvalue weighted by atomic mass is 9.83. The van der Waals surface area contributed by atoms with E-state index >= 15 is 0 Å². The van der Waals surface area contributed by atoms with E-state index in [9.17, 15) is 14.4 Å². The molecular formula is C33H48N4O3S2. The molecule has 1 aliphatic carbocycles. The van der Waals surface area contributed by atoms with Crippen LogP contribution in [0.15, 0.2) is 30.4 Å². The average Bonchev–Trinajstić information content (AvgIpc) is 3.41. The summed E-state index contributed by atoms with van der Waals surface area (Å²) in [7, 11) is 1.61. The SMILES string of the molecule is C=C(CN1CCSCC1)C(=O)CC[C@H](CC1CCCCC1)NC(=O)[C@@H](CC(=O)NC)Cc1nc2ccc(CC)cc2s1. The van der Waals surface area contributed by atoms with Crippen LogP contribution in [-0.4, -0.2) is 71.7 Å². The standard InChI is InChI=1S/C33H48N4O3S2/c1-4-24-10-12-28-30(19-24)42-32(36-28)21-26(20-31(39)34-3)33(40)35-27(18-25-8-6-5-7-9-25)11-13-29(38)23(2)22-37-14-16-41-17-15-37/h10,12,19,25-27H,2,4-9,11,13-18,20-22H2,1,3H3,(H,34,39)(H,35,40)/t26-,27+/m0/s1. The monoisotopic (exact) mass is 612 g/mol. The number of carbonyl (C=O) groups excluding carboxylic acids is 3. The molecular weight excluding hydrogens is 565 g/mol. The molecule has 0 unspecified atom stereocenters. The molecule has 2 aromatic rings. The number of benzene rings is 1. The van der Waals surface area contributed by atoms with E-state index in [1.165, 1.54) is 37.7 Å². The second kappa shape index (κ2) is 16.6. The van der Waals surface area contributed by atoms with E-state index in [0.29, 0.717) is 37.3 Å². The fourth-order valence-corrected chi connectivity index (χ4v) is 8.20. The van der Waals surface area contributed by atoms with E-state index < -0.39 is 5.92 Å². The van der Waals surface area contributed by atoms with E-state index in [2.05, 4.69) is 41.2 Å². The maximum atomic E-state index is 13.8. The third kappa shape index (κ3) is 9.91. The Balaban J connectivity index is 1.42. The summed E-state index contributed by atoms with van der Waals surface area (Å²) in [4.78, 5) is 46.4. The molecule has 2 amide bonds. The van der Waals surface area contributed by atoms with Gasteiger partial charge in [0.2, 0.25) is 11.8 Å². The molecule has 7 nitrogen and oxygen atoms in total. The highest BCUT2D eigenvalue weighted by molar-refractivity contribution is 7.99. The fourth-order valence-electron chi connectivity index (χ4n) is 6.11. The number of carbonyl (C=O) groups is 3. The maximum Gasteiger partial charge on any atom is 0.224 e. The van der Waals surface area contributed by atoms with Gasteiger partial charge < -0.3 is 10.6 Å². The van der Waals surface area contributed by atoms with Gasteiger partial charge in [-0.3, -0.25) is 19.3 Å². The summed E-state index contributed by atoms with van der Waals surface area (Å²) in [5.41, 5.74) is 2.86. The first kappa shape index (κ1) is 32.7. The van der Waals surface area contributed by atoms with Crippen molar-refractivity contribution in [1.29, 1.82) is 0 Å². The van der Waals surface area contributed by atoms with Crippen molar-refractivity contribution in [2.45, 2.75) is 83.6 Å². The molecule has 230 valence electrons. The van der Waals surface area contributed by atoms with Gasteiger partial charge in [-0.25, -0.2) is 4.98 Å². The molecule has 2 N–H and O–H groups in total. The van der Waals surface area contributed by atoms with Crippen LogP contribution in [0.1, 0.15) is 75.3 Å². The Morgan fingerprint density at radius 3 is 2.62 bits per heavy atom. The molecule has 4 rings (SSSR count). The summed E-state index contributed by atoms with van der Waals surface area (Å²) in [5, 5.41) is 6.86. The Labute approximate surface area is 259 Å².